The van der Waals surface area contributed by atoms with Crippen LogP contribution in [0.5, 0.6) is 0 Å². The van der Waals surface area contributed by atoms with E-state index < -0.39 is 6.10 Å². The Hall–Kier alpha value is -3.15. The van der Waals surface area contributed by atoms with Gasteiger partial charge in [0.05, 0.1) is 10.8 Å². The van der Waals surface area contributed by atoms with E-state index in [9.17, 15) is 5.26 Å². The fourth-order valence-electron chi connectivity index (χ4n) is 3.46. The lowest BCUT2D eigenvalue weighted by Crippen LogP contribution is -2.04. The second-order valence-corrected chi connectivity index (χ2v) is 7.84. The maximum atomic E-state index is 9.56. The van der Waals surface area contributed by atoms with Crippen LogP contribution in [0.25, 0.3) is 10.8 Å². The van der Waals surface area contributed by atoms with Gasteiger partial charge in [-0.1, -0.05) is 54.3 Å². The molecular weight excluding hydrogens is 433 g/mol. The van der Waals surface area contributed by atoms with E-state index in [1.165, 1.54) is 5.56 Å². The molecule has 1 N–H and O–H groups in total. The van der Waals surface area contributed by atoms with Crippen LogP contribution in [-0.2, 0) is 11.0 Å². The number of nitrogens with zero attached hydrogens (tertiary/aromatic N) is 1. The summed E-state index contributed by atoms with van der Waals surface area (Å²) in [5, 5.41) is 14.0. The number of thiocarbonyl (C=S) groups is 1. The van der Waals surface area contributed by atoms with Gasteiger partial charge >= 0.3 is 0 Å². The maximum absolute atomic E-state index is 9.56. The lowest BCUT2D eigenvalue weighted by molar-refractivity contribution is -0.270. The second-order valence-electron chi connectivity index (χ2n) is 7.25. The molecule has 0 aliphatic rings. The third-order valence-corrected chi connectivity index (χ3v) is 5.75. The smallest absolute Gasteiger partial charge is 0.143 e. The van der Waals surface area contributed by atoms with Crippen molar-refractivity contribution >= 4 is 43.1 Å². The minimum atomic E-state index is -0.539. The van der Waals surface area contributed by atoms with Crippen LogP contribution in [0, 0.1) is 11.8 Å². The summed E-state index contributed by atoms with van der Waals surface area (Å²) in [6, 6.07) is 27.7. The van der Waals surface area contributed by atoms with E-state index in [1.807, 2.05) is 78.9 Å². The number of hydrogen-bond acceptors (Lipinski definition) is 4. The van der Waals surface area contributed by atoms with Crippen LogP contribution < -0.4 is 0 Å². The maximum Gasteiger partial charge on any atom is 0.143 e. The van der Waals surface area contributed by atoms with Gasteiger partial charge in [-0.3, -0.25) is 5.26 Å². The number of hydrogen-bond donors (Lipinski definition) is 1. The van der Waals surface area contributed by atoms with Crippen molar-refractivity contribution in [3.8, 4) is 11.8 Å². The van der Waals surface area contributed by atoms with Gasteiger partial charge in [0.15, 0.2) is 0 Å². The predicted octanol–water partition coefficient (Wildman–Crippen LogP) is 6.93. The Morgan fingerprint density at radius 2 is 1.44 bits per heavy atom. The van der Waals surface area contributed by atoms with Gasteiger partial charge in [-0.25, -0.2) is 4.89 Å². The number of benzene rings is 4. The van der Waals surface area contributed by atoms with Gasteiger partial charge in [0.1, 0.15) is 6.10 Å². The zero-order valence-electron chi connectivity index (χ0n) is 17.2. The zero-order chi connectivity index (χ0) is 22.3. The van der Waals surface area contributed by atoms with E-state index in [1.54, 1.807) is 0 Å². The Balaban J connectivity index is 1.58. The summed E-state index contributed by atoms with van der Waals surface area (Å²) in [7, 11) is 2.71. The van der Waals surface area contributed by atoms with Crippen LogP contribution in [-0.4, -0.2) is 10.4 Å². The van der Waals surface area contributed by atoms with Gasteiger partial charge in [0.2, 0.25) is 0 Å². The summed E-state index contributed by atoms with van der Waals surface area (Å²) in [5.74, 6) is 6.38. The number of aliphatic imine (C=N–C) groups is 1. The highest BCUT2D eigenvalue weighted by atomic mass is 32.1. The first kappa shape index (κ1) is 22.1. The standard InChI is InChI=1S/C27H20NO2PS/c29-30-27(22-8-4-21(17-31)5-9-22)25-12-11-23-15-20(3-10-24(23)16-25)2-1-19-6-13-26(14-7-19)28-18-32/h3-16,27,29H,17,31H2. The van der Waals surface area contributed by atoms with Crippen LogP contribution in [0.3, 0.4) is 0 Å². The van der Waals surface area contributed by atoms with E-state index in [-0.39, 0.29) is 0 Å². The molecule has 0 saturated carbocycles. The Labute approximate surface area is 194 Å². The SMILES string of the molecule is OOC(c1ccc(CP)cc1)c1ccc2cc(C#Cc3ccc(N=C=S)cc3)ccc2c1. The Morgan fingerprint density at radius 1 is 0.812 bits per heavy atom. The van der Waals surface area contributed by atoms with Gasteiger partial charge in [0.25, 0.3) is 0 Å². The lowest BCUT2D eigenvalue weighted by atomic mass is 9.97. The van der Waals surface area contributed by atoms with Crippen molar-refractivity contribution in [2.45, 2.75) is 12.3 Å². The Bertz CT molecular complexity index is 1350. The summed E-state index contributed by atoms with van der Waals surface area (Å²) in [4.78, 5) is 8.78. The summed E-state index contributed by atoms with van der Waals surface area (Å²) >= 11 is 4.62. The fourth-order valence-corrected chi connectivity index (χ4v) is 3.84. The van der Waals surface area contributed by atoms with Crippen molar-refractivity contribution in [3.05, 3.63) is 113 Å². The van der Waals surface area contributed by atoms with Crippen LogP contribution in [0.1, 0.15) is 33.9 Å². The first-order valence-corrected chi connectivity index (χ1v) is 11.3. The topological polar surface area (TPSA) is 41.8 Å². The third-order valence-electron chi connectivity index (χ3n) is 5.18. The van der Waals surface area contributed by atoms with Crippen molar-refractivity contribution in [1.82, 2.24) is 0 Å². The molecular formula is C27H20NO2PS. The van der Waals surface area contributed by atoms with Gasteiger partial charge in [0, 0.05) is 11.1 Å². The normalized spacial score (nSPS) is 11.3. The van der Waals surface area contributed by atoms with Gasteiger partial charge in [-0.2, -0.15) is 4.99 Å². The average molecular weight is 454 g/mol. The van der Waals surface area contributed by atoms with Crippen molar-refractivity contribution < 1.29 is 10.1 Å². The van der Waals surface area contributed by atoms with Crippen molar-refractivity contribution in [1.29, 1.82) is 0 Å². The molecule has 0 aromatic heterocycles. The minimum absolute atomic E-state index is 0.539. The molecule has 0 saturated heterocycles. The first-order valence-electron chi connectivity index (χ1n) is 10.0. The molecule has 32 heavy (non-hydrogen) atoms. The molecule has 2 unspecified atom stereocenters. The highest BCUT2D eigenvalue weighted by molar-refractivity contribution is 7.78. The van der Waals surface area contributed by atoms with E-state index in [2.05, 4.69) is 49.5 Å². The highest BCUT2D eigenvalue weighted by Crippen LogP contribution is 2.29. The molecule has 0 fully saturated rings. The molecule has 156 valence electrons. The molecule has 2 atom stereocenters. The summed E-state index contributed by atoms with van der Waals surface area (Å²) in [6.07, 6.45) is 0.350. The first-order chi connectivity index (χ1) is 15.7. The fraction of sp³-hybridized carbons (Fsp3) is 0.0741. The molecule has 0 bridgehead atoms. The summed E-state index contributed by atoms with van der Waals surface area (Å²) in [6.45, 7) is 0. The molecule has 3 nitrogen and oxygen atoms in total. The Morgan fingerprint density at radius 3 is 2.12 bits per heavy atom. The molecule has 0 heterocycles. The zero-order valence-corrected chi connectivity index (χ0v) is 19.1. The summed E-state index contributed by atoms with van der Waals surface area (Å²) < 4.78 is 0. The molecule has 5 heteroatoms. The van der Waals surface area contributed by atoms with Gasteiger partial charge in [-0.05, 0) is 88.3 Å². The van der Waals surface area contributed by atoms with E-state index >= 15 is 0 Å². The second kappa shape index (κ2) is 10.4. The number of rotatable bonds is 5. The lowest BCUT2D eigenvalue weighted by Gasteiger charge is -2.15. The molecule has 0 radical (unpaired) electrons. The molecule has 0 aliphatic carbocycles. The van der Waals surface area contributed by atoms with Crippen molar-refractivity contribution in [2.75, 3.05) is 0 Å². The molecule has 0 spiro atoms. The third kappa shape index (κ3) is 5.18. The molecule has 0 amide bonds. The van der Waals surface area contributed by atoms with Crippen LogP contribution in [0.15, 0.2) is 89.9 Å². The van der Waals surface area contributed by atoms with Crippen molar-refractivity contribution in [3.63, 3.8) is 0 Å². The van der Waals surface area contributed by atoms with Gasteiger partial charge in [-0.15, -0.1) is 9.24 Å². The summed E-state index contributed by atoms with van der Waals surface area (Å²) in [5.41, 5.74) is 5.59. The minimum Gasteiger partial charge on any atom is -0.251 e. The Kier molecular flexibility index (Phi) is 7.20. The average Bonchev–Trinajstić information content (AvgIpc) is 2.84. The van der Waals surface area contributed by atoms with E-state index in [0.717, 1.165) is 44.9 Å². The van der Waals surface area contributed by atoms with Crippen LogP contribution in [0.2, 0.25) is 0 Å². The predicted molar refractivity (Wildman–Crippen MR) is 136 cm³/mol. The van der Waals surface area contributed by atoms with Crippen molar-refractivity contribution in [2.24, 2.45) is 4.99 Å². The number of fused-ring (bicyclic) bond motifs is 1. The molecule has 4 aromatic rings. The largest absolute Gasteiger partial charge is 0.251 e. The van der Waals surface area contributed by atoms with E-state index in [4.69, 9.17) is 4.89 Å². The quantitative estimate of drug-likeness (QED) is 0.0890. The monoisotopic (exact) mass is 453 g/mol. The van der Waals surface area contributed by atoms with Crippen LogP contribution >= 0.6 is 21.5 Å². The van der Waals surface area contributed by atoms with Crippen LogP contribution in [0.4, 0.5) is 5.69 Å². The number of isothiocyanates is 1. The molecule has 4 aromatic carbocycles. The molecule has 4 rings (SSSR count). The van der Waals surface area contributed by atoms with E-state index in [0.29, 0.717) is 0 Å². The van der Waals surface area contributed by atoms with Gasteiger partial charge < -0.3 is 0 Å². The highest BCUT2D eigenvalue weighted by Gasteiger charge is 2.15. The molecule has 0 aliphatic heterocycles.